The maximum Gasteiger partial charge on any atom is 0.220 e. The molecule has 1 fully saturated rings. The first-order chi connectivity index (χ1) is 9.63. The van der Waals surface area contributed by atoms with Crippen LogP contribution in [0.25, 0.3) is 0 Å². The van der Waals surface area contributed by atoms with Crippen LogP contribution in [0.5, 0.6) is 0 Å². The average Bonchev–Trinajstić information content (AvgIpc) is 2.45. The third kappa shape index (κ3) is 13.2. The molecule has 1 saturated heterocycles. The molecule has 0 radical (unpaired) electrons. The van der Waals surface area contributed by atoms with Crippen molar-refractivity contribution in [3.05, 3.63) is 0 Å². The summed E-state index contributed by atoms with van der Waals surface area (Å²) >= 11 is 0. The minimum atomic E-state index is 0. The topological polar surface area (TPSA) is 61.6 Å². The van der Waals surface area contributed by atoms with Crippen LogP contribution < -0.4 is 11.1 Å². The molecule has 5 nitrogen and oxygen atoms in total. The summed E-state index contributed by atoms with van der Waals surface area (Å²) in [5, 5.41) is 3.06. The second-order valence-corrected chi connectivity index (χ2v) is 5.95. The number of likely N-dealkylation sites (N-methyl/N-ethyl adjacent to an activating group) is 1. The van der Waals surface area contributed by atoms with Crippen molar-refractivity contribution < 1.29 is 4.79 Å². The van der Waals surface area contributed by atoms with Crippen LogP contribution in [0.4, 0.5) is 0 Å². The Balaban J connectivity index is -0.00000133. The smallest absolute Gasteiger partial charge is 0.220 e. The standard InChI is InChI=1S/C15H32N4O.3ClH/c1-14(19-11-9-18(2)10-12-19)13-17-15(20)7-5-3-4-6-8-16;;;/h14H,3-13,16H2,1-2H3,(H,17,20);3*1H. The van der Waals surface area contributed by atoms with Crippen molar-refractivity contribution in [2.24, 2.45) is 5.73 Å². The van der Waals surface area contributed by atoms with Gasteiger partial charge in [0.15, 0.2) is 0 Å². The monoisotopic (exact) mass is 392 g/mol. The van der Waals surface area contributed by atoms with Crippen molar-refractivity contribution in [2.45, 2.75) is 45.1 Å². The minimum Gasteiger partial charge on any atom is -0.355 e. The Morgan fingerprint density at radius 2 is 1.61 bits per heavy atom. The van der Waals surface area contributed by atoms with E-state index < -0.39 is 0 Å². The van der Waals surface area contributed by atoms with E-state index in [1.165, 1.54) is 0 Å². The number of halogens is 3. The zero-order chi connectivity index (χ0) is 14.8. The van der Waals surface area contributed by atoms with Crippen LogP contribution in [0.2, 0.25) is 0 Å². The summed E-state index contributed by atoms with van der Waals surface area (Å²) in [5.74, 6) is 0.193. The number of hydrogen-bond donors (Lipinski definition) is 2. The largest absolute Gasteiger partial charge is 0.355 e. The van der Waals surface area contributed by atoms with Gasteiger partial charge in [0.05, 0.1) is 0 Å². The molecular formula is C15H35Cl3N4O. The van der Waals surface area contributed by atoms with Gasteiger partial charge in [0.2, 0.25) is 5.91 Å². The lowest BCUT2D eigenvalue weighted by Gasteiger charge is -2.36. The Morgan fingerprint density at radius 1 is 1.04 bits per heavy atom. The first-order valence-electron chi connectivity index (χ1n) is 8.03. The lowest BCUT2D eigenvalue weighted by Crippen LogP contribution is -2.51. The maximum atomic E-state index is 11.8. The molecule has 0 aliphatic carbocycles. The summed E-state index contributed by atoms with van der Waals surface area (Å²) in [4.78, 5) is 16.6. The lowest BCUT2D eigenvalue weighted by atomic mass is 10.1. The highest BCUT2D eigenvalue weighted by molar-refractivity contribution is 5.86. The van der Waals surface area contributed by atoms with Gasteiger partial charge in [0.25, 0.3) is 0 Å². The van der Waals surface area contributed by atoms with Gasteiger partial charge in [-0.2, -0.15) is 0 Å². The summed E-state index contributed by atoms with van der Waals surface area (Å²) in [6.45, 7) is 8.19. The number of rotatable bonds is 9. The zero-order valence-electron chi connectivity index (χ0n) is 14.5. The fourth-order valence-corrected chi connectivity index (χ4v) is 2.53. The van der Waals surface area contributed by atoms with Crippen molar-refractivity contribution in [3.63, 3.8) is 0 Å². The fraction of sp³-hybridized carbons (Fsp3) is 0.933. The van der Waals surface area contributed by atoms with E-state index in [1.54, 1.807) is 0 Å². The first kappa shape index (κ1) is 28.0. The molecule has 1 rings (SSSR count). The number of amides is 1. The van der Waals surface area contributed by atoms with Gasteiger partial charge in [-0.05, 0) is 33.4 Å². The highest BCUT2D eigenvalue weighted by atomic mass is 35.5. The quantitative estimate of drug-likeness (QED) is 0.587. The molecule has 1 amide bonds. The van der Waals surface area contributed by atoms with Gasteiger partial charge in [-0.3, -0.25) is 9.69 Å². The third-order valence-electron chi connectivity index (χ3n) is 4.11. The zero-order valence-corrected chi connectivity index (χ0v) is 16.9. The van der Waals surface area contributed by atoms with Crippen molar-refractivity contribution >= 4 is 43.1 Å². The average molecular weight is 394 g/mol. The molecular weight excluding hydrogens is 359 g/mol. The molecule has 1 heterocycles. The predicted molar refractivity (Wildman–Crippen MR) is 105 cm³/mol. The van der Waals surface area contributed by atoms with Crippen LogP contribution in [-0.4, -0.2) is 68.1 Å². The molecule has 23 heavy (non-hydrogen) atoms. The van der Waals surface area contributed by atoms with E-state index in [0.717, 1.165) is 65.0 Å². The van der Waals surface area contributed by atoms with Gasteiger partial charge >= 0.3 is 0 Å². The summed E-state index contributed by atoms with van der Waals surface area (Å²) in [6, 6.07) is 0.435. The molecule has 0 spiro atoms. The highest BCUT2D eigenvalue weighted by Crippen LogP contribution is 2.05. The van der Waals surface area contributed by atoms with Crippen LogP contribution in [0.15, 0.2) is 0 Å². The maximum absolute atomic E-state index is 11.8. The summed E-state index contributed by atoms with van der Waals surface area (Å²) in [5.41, 5.74) is 5.44. The number of carbonyl (C=O) groups excluding carboxylic acids is 1. The number of hydrogen-bond acceptors (Lipinski definition) is 4. The number of unbranched alkanes of at least 4 members (excludes halogenated alkanes) is 3. The summed E-state index contributed by atoms with van der Waals surface area (Å²) in [6.07, 6.45) is 4.96. The van der Waals surface area contributed by atoms with Gasteiger partial charge in [-0.25, -0.2) is 0 Å². The first-order valence-corrected chi connectivity index (χ1v) is 8.03. The highest BCUT2D eigenvalue weighted by Gasteiger charge is 2.19. The van der Waals surface area contributed by atoms with E-state index in [9.17, 15) is 4.79 Å². The van der Waals surface area contributed by atoms with Crippen LogP contribution >= 0.6 is 37.2 Å². The van der Waals surface area contributed by atoms with Crippen molar-refractivity contribution in [2.75, 3.05) is 46.3 Å². The van der Waals surface area contributed by atoms with Crippen molar-refractivity contribution in [3.8, 4) is 0 Å². The molecule has 8 heteroatoms. The van der Waals surface area contributed by atoms with Gasteiger partial charge < -0.3 is 16.0 Å². The van der Waals surface area contributed by atoms with Gasteiger partial charge in [0, 0.05) is 45.2 Å². The molecule has 0 bridgehead atoms. The Morgan fingerprint density at radius 3 is 2.17 bits per heavy atom. The molecule has 0 aromatic rings. The number of carbonyl (C=O) groups is 1. The van der Waals surface area contributed by atoms with E-state index >= 15 is 0 Å². The Kier molecular flexibility index (Phi) is 20.8. The Hall–Kier alpha value is 0.220. The second-order valence-electron chi connectivity index (χ2n) is 5.95. The van der Waals surface area contributed by atoms with E-state index in [1.807, 2.05) is 0 Å². The molecule has 0 saturated carbocycles. The summed E-state index contributed by atoms with van der Waals surface area (Å²) < 4.78 is 0. The Labute approximate surface area is 160 Å². The molecule has 0 aromatic heterocycles. The van der Waals surface area contributed by atoms with E-state index in [-0.39, 0.29) is 43.1 Å². The lowest BCUT2D eigenvalue weighted by molar-refractivity contribution is -0.121. The van der Waals surface area contributed by atoms with Gasteiger partial charge in [-0.15, -0.1) is 37.2 Å². The Bertz CT molecular complexity index is 277. The number of nitrogens with zero attached hydrogens (tertiary/aromatic N) is 2. The van der Waals surface area contributed by atoms with E-state index in [4.69, 9.17) is 5.73 Å². The molecule has 0 aromatic carbocycles. The third-order valence-corrected chi connectivity index (χ3v) is 4.11. The fourth-order valence-electron chi connectivity index (χ4n) is 2.53. The number of nitrogens with two attached hydrogens (primary N) is 1. The molecule has 1 aliphatic rings. The predicted octanol–water partition coefficient (Wildman–Crippen LogP) is 1.91. The molecule has 3 N–H and O–H groups in total. The SMILES string of the molecule is CC(CNC(=O)CCCCCCN)N1CCN(C)CC1.Cl.Cl.Cl. The van der Waals surface area contributed by atoms with Crippen LogP contribution in [0.1, 0.15) is 39.0 Å². The second kappa shape index (κ2) is 17.1. The van der Waals surface area contributed by atoms with Crippen LogP contribution in [0, 0.1) is 0 Å². The van der Waals surface area contributed by atoms with Crippen molar-refractivity contribution in [1.82, 2.24) is 15.1 Å². The minimum absolute atomic E-state index is 0. The number of piperazine rings is 1. The van der Waals surface area contributed by atoms with Gasteiger partial charge in [0.1, 0.15) is 0 Å². The molecule has 1 atom stereocenters. The number of nitrogens with one attached hydrogen (secondary N) is 1. The molecule has 1 unspecified atom stereocenters. The molecule has 142 valence electrons. The van der Waals surface area contributed by atoms with Crippen molar-refractivity contribution in [1.29, 1.82) is 0 Å². The normalized spacial score (nSPS) is 16.5. The molecule has 1 aliphatic heterocycles. The van der Waals surface area contributed by atoms with Crippen LogP contribution in [-0.2, 0) is 4.79 Å². The van der Waals surface area contributed by atoms with E-state index in [0.29, 0.717) is 12.5 Å². The summed E-state index contributed by atoms with van der Waals surface area (Å²) in [7, 11) is 2.16. The van der Waals surface area contributed by atoms with E-state index in [2.05, 4.69) is 29.1 Å². The van der Waals surface area contributed by atoms with Crippen LogP contribution in [0.3, 0.4) is 0 Å². The van der Waals surface area contributed by atoms with Gasteiger partial charge in [-0.1, -0.05) is 12.8 Å².